The second-order valence-electron chi connectivity index (χ2n) is 8.18. The summed E-state index contributed by atoms with van der Waals surface area (Å²) in [7, 11) is 0. The number of aromatic nitrogens is 6. The molecular formula is C28H16N6O2. The first-order valence-electron chi connectivity index (χ1n) is 11.3. The summed E-state index contributed by atoms with van der Waals surface area (Å²) in [6.45, 7) is 0. The van der Waals surface area contributed by atoms with Crippen molar-refractivity contribution in [2.24, 2.45) is 0 Å². The molecule has 4 aromatic heterocycles. The highest BCUT2D eigenvalue weighted by Crippen LogP contribution is 2.28. The van der Waals surface area contributed by atoms with Crippen LogP contribution in [-0.2, 0) is 0 Å². The standard InChI is InChI=1S/C28H16N6O2/c1-3-7-21-17(5-1)13-15-23(29-21)27-33-31-25(35-27)19-9-11-20(12-10-19)26-32-34-28(36-26)24-16-14-18-6-2-4-8-22(18)30-24/h1-16H. The minimum atomic E-state index is 0.365. The van der Waals surface area contributed by atoms with Crippen molar-refractivity contribution in [3.05, 3.63) is 97.1 Å². The summed E-state index contributed by atoms with van der Waals surface area (Å²) < 4.78 is 11.8. The maximum Gasteiger partial charge on any atom is 0.266 e. The van der Waals surface area contributed by atoms with E-state index in [2.05, 4.69) is 30.4 Å². The minimum absolute atomic E-state index is 0.365. The molecule has 3 aromatic carbocycles. The molecule has 0 amide bonds. The van der Waals surface area contributed by atoms with Crippen molar-refractivity contribution in [2.75, 3.05) is 0 Å². The maximum atomic E-state index is 5.90. The number of hydrogen-bond acceptors (Lipinski definition) is 8. The third kappa shape index (κ3) is 3.57. The van der Waals surface area contributed by atoms with E-state index in [-0.39, 0.29) is 0 Å². The van der Waals surface area contributed by atoms with E-state index >= 15 is 0 Å². The lowest BCUT2D eigenvalue weighted by Gasteiger charge is -1.99. The molecule has 0 saturated heterocycles. The van der Waals surface area contributed by atoms with Crippen LogP contribution in [0.4, 0.5) is 0 Å². The number of hydrogen-bond donors (Lipinski definition) is 0. The van der Waals surface area contributed by atoms with Crippen molar-refractivity contribution in [3.8, 4) is 46.1 Å². The van der Waals surface area contributed by atoms with Crippen molar-refractivity contribution in [3.63, 3.8) is 0 Å². The Morgan fingerprint density at radius 1 is 0.389 bits per heavy atom. The first-order chi connectivity index (χ1) is 17.8. The normalized spacial score (nSPS) is 11.3. The molecule has 0 radical (unpaired) electrons. The molecule has 0 N–H and O–H groups in total. The molecule has 0 bridgehead atoms. The predicted octanol–water partition coefficient (Wildman–Crippen LogP) is 6.22. The number of para-hydroxylation sites is 2. The number of fused-ring (bicyclic) bond motifs is 2. The highest BCUT2D eigenvalue weighted by Gasteiger charge is 2.15. The summed E-state index contributed by atoms with van der Waals surface area (Å²) in [5.41, 5.74) is 4.55. The maximum absolute atomic E-state index is 5.90. The molecule has 4 heterocycles. The molecule has 0 aliphatic rings. The van der Waals surface area contributed by atoms with Crippen LogP contribution < -0.4 is 0 Å². The molecule has 7 aromatic rings. The van der Waals surface area contributed by atoms with Crippen molar-refractivity contribution >= 4 is 21.8 Å². The van der Waals surface area contributed by atoms with Gasteiger partial charge in [-0.3, -0.25) is 0 Å². The third-order valence-corrected chi connectivity index (χ3v) is 5.86. The summed E-state index contributed by atoms with van der Waals surface area (Å²) in [5.74, 6) is 1.53. The first kappa shape index (κ1) is 20.2. The fourth-order valence-corrected chi connectivity index (χ4v) is 4.01. The van der Waals surface area contributed by atoms with Gasteiger partial charge in [0.2, 0.25) is 11.8 Å². The Hall–Kier alpha value is -5.24. The summed E-state index contributed by atoms with van der Waals surface area (Å²) in [5, 5.41) is 18.9. The Morgan fingerprint density at radius 3 is 1.28 bits per heavy atom. The van der Waals surface area contributed by atoms with Gasteiger partial charge in [-0.2, -0.15) is 0 Å². The molecule has 0 aliphatic carbocycles. The Labute approximate surface area is 204 Å². The predicted molar refractivity (Wildman–Crippen MR) is 134 cm³/mol. The van der Waals surface area contributed by atoms with Gasteiger partial charge in [0.25, 0.3) is 11.8 Å². The fraction of sp³-hybridized carbons (Fsp3) is 0. The lowest BCUT2D eigenvalue weighted by molar-refractivity contribution is 0.580. The number of nitrogens with zero attached hydrogens (tertiary/aromatic N) is 6. The Kier molecular flexibility index (Phi) is 4.60. The van der Waals surface area contributed by atoms with Gasteiger partial charge in [0.15, 0.2) is 0 Å². The molecular weight excluding hydrogens is 452 g/mol. The molecule has 8 nitrogen and oxygen atoms in total. The van der Waals surface area contributed by atoms with E-state index in [1.54, 1.807) is 0 Å². The Morgan fingerprint density at radius 2 is 0.806 bits per heavy atom. The van der Waals surface area contributed by atoms with E-state index in [0.29, 0.717) is 35.0 Å². The molecule has 0 unspecified atom stereocenters. The monoisotopic (exact) mass is 468 g/mol. The molecule has 36 heavy (non-hydrogen) atoms. The highest BCUT2D eigenvalue weighted by molar-refractivity contribution is 5.81. The number of pyridine rings is 2. The molecule has 7 rings (SSSR count). The van der Waals surface area contributed by atoms with Crippen LogP contribution in [0.25, 0.3) is 67.9 Å². The quantitative estimate of drug-likeness (QED) is 0.300. The SMILES string of the molecule is c1ccc2nc(-c3nnc(-c4ccc(-c5nnc(-c6ccc7ccccc7n6)o5)cc4)o3)ccc2c1. The van der Waals surface area contributed by atoms with Gasteiger partial charge < -0.3 is 8.83 Å². The van der Waals surface area contributed by atoms with Gasteiger partial charge >= 0.3 is 0 Å². The Bertz CT molecular complexity index is 1720. The van der Waals surface area contributed by atoms with E-state index in [1.165, 1.54) is 0 Å². The lowest BCUT2D eigenvalue weighted by atomic mass is 10.1. The summed E-state index contributed by atoms with van der Waals surface area (Å²) in [6.07, 6.45) is 0. The average Bonchev–Trinajstić information content (AvgIpc) is 3.64. The minimum Gasteiger partial charge on any atom is -0.415 e. The van der Waals surface area contributed by atoms with Crippen LogP contribution in [0.2, 0.25) is 0 Å². The highest BCUT2D eigenvalue weighted by atomic mass is 16.4. The summed E-state index contributed by atoms with van der Waals surface area (Å²) in [4.78, 5) is 9.24. The van der Waals surface area contributed by atoms with Crippen LogP contribution >= 0.6 is 0 Å². The molecule has 8 heteroatoms. The average molecular weight is 468 g/mol. The number of benzene rings is 3. The zero-order valence-corrected chi connectivity index (χ0v) is 18.7. The van der Waals surface area contributed by atoms with Crippen LogP contribution in [-0.4, -0.2) is 30.4 Å². The van der Waals surface area contributed by atoms with Crippen LogP contribution in [0.1, 0.15) is 0 Å². The van der Waals surface area contributed by atoms with Crippen LogP contribution in [0.15, 0.2) is 106 Å². The zero-order valence-electron chi connectivity index (χ0n) is 18.7. The molecule has 0 atom stereocenters. The van der Waals surface area contributed by atoms with Gasteiger partial charge in [0.05, 0.1) is 11.0 Å². The van der Waals surface area contributed by atoms with Crippen molar-refractivity contribution in [1.29, 1.82) is 0 Å². The van der Waals surface area contributed by atoms with Gasteiger partial charge in [-0.15, -0.1) is 20.4 Å². The van der Waals surface area contributed by atoms with Gasteiger partial charge in [0.1, 0.15) is 11.4 Å². The second-order valence-corrected chi connectivity index (χ2v) is 8.18. The van der Waals surface area contributed by atoms with Crippen LogP contribution in [0.5, 0.6) is 0 Å². The van der Waals surface area contributed by atoms with E-state index in [0.717, 1.165) is 32.9 Å². The van der Waals surface area contributed by atoms with Crippen LogP contribution in [0, 0.1) is 0 Å². The van der Waals surface area contributed by atoms with Crippen molar-refractivity contribution < 1.29 is 8.83 Å². The fourth-order valence-electron chi connectivity index (χ4n) is 4.01. The molecule has 0 aliphatic heterocycles. The largest absolute Gasteiger partial charge is 0.415 e. The van der Waals surface area contributed by atoms with E-state index in [1.807, 2.05) is 97.1 Å². The lowest BCUT2D eigenvalue weighted by Crippen LogP contribution is -1.84. The third-order valence-electron chi connectivity index (χ3n) is 5.86. The molecule has 170 valence electrons. The zero-order chi connectivity index (χ0) is 23.9. The summed E-state index contributed by atoms with van der Waals surface area (Å²) in [6, 6.07) is 31.0. The van der Waals surface area contributed by atoms with E-state index in [4.69, 9.17) is 8.83 Å². The topological polar surface area (TPSA) is 104 Å². The van der Waals surface area contributed by atoms with E-state index in [9.17, 15) is 0 Å². The summed E-state index contributed by atoms with van der Waals surface area (Å²) >= 11 is 0. The van der Waals surface area contributed by atoms with Crippen molar-refractivity contribution in [1.82, 2.24) is 30.4 Å². The first-order valence-corrected chi connectivity index (χ1v) is 11.3. The van der Waals surface area contributed by atoms with E-state index < -0.39 is 0 Å². The molecule has 0 fully saturated rings. The van der Waals surface area contributed by atoms with Gasteiger partial charge in [-0.1, -0.05) is 48.5 Å². The second kappa shape index (κ2) is 8.21. The van der Waals surface area contributed by atoms with Gasteiger partial charge in [0, 0.05) is 21.9 Å². The molecule has 0 spiro atoms. The molecule has 0 saturated carbocycles. The Balaban J connectivity index is 1.14. The van der Waals surface area contributed by atoms with Crippen molar-refractivity contribution in [2.45, 2.75) is 0 Å². The smallest absolute Gasteiger partial charge is 0.266 e. The van der Waals surface area contributed by atoms with Gasteiger partial charge in [-0.25, -0.2) is 9.97 Å². The number of rotatable bonds is 4. The van der Waals surface area contributed by atoms with Gasteiger partial charge in [-0.05, 0) is 48.5 Å². The van der Waals surface area contributed by atoms with Crippen LogP contribution in [0.3, 0.4) is 0 Å².